The Hall–Kier alpha value is -3.62. The fourth-order valence-electron chi connectivity index (χ4n) is 4.05. The summed E-state index contributed by atoms with van der Waals surface area (Å²) in [5, 5.41) is 2.83. The van der Waals surface area contributed by atoms with Gasteiger partial charge in [-0.1, -0.05) is 24.3 Å². The predicted molar refractivity (Wildman–Crippen MR) is 119 cm³/mol. The average molecular weight is 438 g/mol. The number of benzene rings is 1. The van der Waals surface area contributed by atoms with Gasteiger partial charge in [-0.15, -0.1) is 0 Å². The molecule has 2 atom stereocenters. The van der Waals surface area contributed by atoms with Crippen LogP contribution in [0.1, 0.15) is 18.5 Å². The summed E-state index contributed by atoms with van der Waals surface area (Å²) < 4.78 is 10.7. The third-order valence-corrected chi connectivity index (χ3v) is 5.65. The lowest BCUT2D eigenvalue weighted by Crippen LogP contribution is -2.57. The second kappa shape index (κ2) is 9.67. The van der Waals surface area contributed by atoms with Crippen molar-refractivity contribution >= 4 is 23.7 Å². The van der Waals surface area contributed by atoms with Gasteiger partial charge in [-0.05, 0) is 25.1 Å². The van der Waals surface area contributed by atoms with Gasteiger partial charge < -0.3 is 19.3 Å². The van der Waals surface area contributed by atoms with E-state index in [1.807, 2.05) is 41.3 Å². The number of methoxy groups -OCH3 is 1. The number of ether oxygens (including phenoxy) is 2. The molecule has 1 aromatic heterocycles. The number of anilines is 1. The summed E-state index contributed by atoms with van der Waals surface area (Å²) in [7, 11) is 1.56. The molecule has 4 rings (SSSR count). The van der Waals surface area contributed by atoms with E-state index in [1.54, 1.807) is 26.3 Å². The van der Waals surface area contributed by atoms with Crippen LogP contribution >= 0.6 is 0 Å². The van der Waals surface area contributed by atoms with Crippen molar-refractivity contribution < 1.29 is 19.1 Å². The normalized spacial score (nSPS) is 20.9. The summed E-state index contributed by atoms with van der Waals surface area (Å²) in [6, 6.07) is 12.4. The molecule has 3 heterocycles. The molecule has 0 spiro atoms. The number of nitrogens with zero attached hydrogens (tertiary/aromatic N) is 4. The van der Waals surface area contributed by atoms with Crippen molar-refractivity contribution in [3.8, 4) is 5.75 Å². The summed E-state index contributed by atoms with van der Waals surface area (Å²) in [5.41, 5.74) is 0.674. The Kier molecular flexibility index (Phi) is 6.53. The third kappa shape index (κ3) is 4.37. The van der Waals surface area contributed by atoms with E-state index in [1.165, 1.54) is 0 Å². The van der Waals surface area contributed by atoms with Gasteiger partial charge in [-0.2, -0.15) is 0 Å². The van der Waals surface area contributed by atoms with Gasteiger partial charge in [0.2, 0.25) is 11.9 Å². The largest absolute Gasteiger partial charge is 0.496 e. The first-order valence-electron chi connectivity index (χ1n) is 10.7. The number of nitrogens with one attached hydrogen (secondary N) is 1. The van der Waals surface area contributed by atoms with Gasteiger partial charge in [0.25, 0.3) is 0 Å². The molecule has 1 amide bonds. The molecular formula is C23H27N5O4. The zero-order valence-corrected chi connectivity index (χ0v) is 18.2. The summed E-state index contributed by atoms with van der Waals surface area (Å²) in [4.78, 5) is 39.2. The lowest BCUT2D eigenvalue weighted by molar-refractivity contribution is -0.153. The van der Waals surface area contributed by atoms with Crippen molar-refractivity contribution in [2.45, 2.75) is 13.0 Å². The zero-order valence-electron chi connectivity index (χ0n) is 18.2. The van der Waals surface area contributed by atoms with Gasteiger partial charge in [-0.25, -0.2) is 9.98 Å². The van der Waals surface area contributed by atoms with Crippen molar-refractivity contribution in [3.63, 3.8) is 0 Å². The molecule has 0 unspecified atom stereocenters. The molecule has 32 heavy (non-hydrogen) atoms. The third-order valence-electron chi connectivity index (χ3n) is 5.65. The van der Waals surface area contributed by atoms with Gasteiger partial charge in [-0.3, -0.25) is 14.9 Å². The SMILES string of the molecule is CCOC(=O)[C@H]1C(=O)NC(N2CCN(c3ccccn3)CC2)=N[C@@H]1c1ccccc1OC. The Morgan fingerprint density at radius 3 is 2.50 bits per heavy atom. The molecule has 1 fully saturated rings. The number of aromatic nitrogens is 1. The maximum atomic E-state index is 13.1. The molecule has 2 aliphatic rings. The van der Waals surface area contributed by atoms with Crippen LogP contribution in [0.5, 0.6) is 5.75 Å². The standard InChI is InChI=1S/C23H27N5O4/c1-3-32-22(30)19-20(16-8-4-5-9-17(16)31-2)25-23(26-21(19)29)28-14-12-27(13-15-28)18-10-6-7-11-24-18/h4-11,19-20H,3,12-15H2,1-2H3,(H,25,26,29)/t19-,20-/m1/s1. The summed E-state index contributed by atoms with van der Waals surface area (Å²) in [6.07, 6.45) is 1.78. The smallest absolute Gasteiger partial charge is 0.321 e. The number of amides is 1. The highest BCUT2D eigenvalue weighted by molar-refractivity contribution is 6.08. The number of carbonyl (C=O) groups is 2. The first-order valence-corrected chi connectivity index (χ1v) is 10.7. The fourth-order valence-corrected chi connectivity index (χ4v) is 4.05. The predicted octanol–water partition coefficient (Wildman–Crippen LogP) is 1.62. The highest BCUT2D eigenvalue weighted by Gasteiger charge is 2.43. The molecule has 0 saturated carbocycles. The van der Waals surface area contributed by atoms with E-state index >= 15 is 0 Å². The van der Waals surface area contributed by atoms with Crippen LogP contribution in [-0.2, 0) is 14.3 Å². The molecule has 1 N–H and O–H groups in total. The number of piperazine rings is 1. The number of carbonyl (C=O) groups excluding carboxylic acids is 2. The van der Waals surface area contributed by atoms with Gasteiger partial charge >= 0.3 is 5.97 Å². The topological polar surface area (TPSA) is 96.4 Å². The van der Waals surface area contributed by atoms with E-state index in [2.05, 4.69) is 15.2 Å². The second-order valence-corrected chi connectivity index (χ2v) is 7.52. The van der Waals surface area contributed by atoms with Crippen LogP contribution in [0.15, 0.2) is 53.7 Å². The Balaban J connectivity index is 1.60. The van der Waals surface area contributed by atoms with Crippen LogP contribution in [0.3, 0.4) is 0 Å². The molecule has 1 saturated heterocycles. The Labute approximate surface area is 187 Å². The van der Waals surface area contributed by atoms with Crippen LogP contribution in [0.25, 0.3) is 0 Å². The first kappa shape index (κ1) is 21.6. The minimum absolute atomic E-state index is 0.188. The number of guanidine groups is 1. The van der Waals surface area contributed by atoms with Gasteiger partial charge in [0.1, 0.15) is 17.6 Å². The van der Waals surface area contributed by atoms with Crippen LogP contribution < -0.4 is 15.0 Å². The van der Waals surface area contributed by atoms with Crippen LogP contribution in [0.2, 0.25) is 0 Å². The molecule has 9 heteroatoms. The Morgan fingerprint density at radius 1 is 1.09 bits per heavy atom. The summed E-state index contributed by atoms with van der Waals surface area (Å²) in [6.45, 7) is 4.72. The minimum atomic E-state index is -1.08. The number of para-hydroxylation sites is 1. The molecule has 2 aromatic rings. The second-order valence-electron chi connectivity index (χ2n) is 7.52. The maximum absolute atomic E-state index is 13.1. The first-order chi connectivity index (χ1) is 15.6. The van der Waals surface area contributed by atoms with E-state index in [0.717, 1.165) is 18.9 Å². The average Bonchev–Trinajstić information content (AvgIpc) is 2.84. The molecular weight excluding hydrogens is 410 g/mol. The van der Waals surface area contributed by atoms with Crippen LogP contribution in [-0.4, -0.2) is 67.6 Å². The van der Waals surface area contributed by atoms with Crippen molar-refractivity contribution in [2.24, 2.45) is 10.9 Å². The Morgan fingerprint density at radius 2 is 1.81 bits per heavy atom. The van der Waals surface area contributed by atoms with Crippen molar-refractivity contribution in [1.82, 2.24) is 15.2 Å². The van der Waals surface area contributed by atoms with E-state index in [9.17, 15) is 9.59 Å². The maximum Gasteiger partial charge on any atom is 0.321 e. The number of aliphatic imine (C=N–C) groups is 1. The highest BCUT2D eigenvalue weighted by Crippen LogP contribution is 2.36. The number of hydrogen-bond donors (Lipinski definition) is 1. The molecule has 1 aromatic carbocycles. The molecule has 2 aliphatic heterocycles. The quantitative estimate of drug-likeness (QED) is 0.561. The van der Waals surface area contributed by atoms with Crippen molar-refractivity contribution in [3.05, 3.63) is 54.2 Å². The lowest BCUT2D eigenvalue weighted by atomic mass is 9.90. The molecule has 0 aliphatic carbocycles. The number of rotatable bonds is 5. The molecule has 9 nitrogen and oxygen atoms in total. The number of esters is 1. The monoisotopic (exact) mass is 437 g/mol. The van der Waals surface area contributed by atoms with Gasteiger partial charge in [0.05, 0.1) is 13.7 Å². The van der Waals surface area contributed by atoms with Crippen molar-refractivity contribution in [2.75, 3.05) is 44.8 Å². The van der Waals surface area contributed by atoms with Crippen LogP contribution in [0, 0.1) is 5.92 Å². The van der Waals surface area contributed by atoms with Crippen LogP contribution in [0.4, 0.5) is 5.82 Å². The molecule has 0 bridgehead atoms. The van der Waals surface area contributed by atoms with Crippen molar-refractivity contribution in [1.29, 1.82) is 0 Å². The number of pyridine rings is 1. The van der Waals surface area contributed by atoms with Gasteiger partial charge in [0.15, 0.2) is 5.92 Å². The fraction of sp³-hybridized carbons (Fsp3) is 0.391. The summed E-state index contributed by atoms with van der Waals surface area (Å²) in [5.74, 6) is -0.127. The van der Waals surface area contributed by atoms with E-state index < -0.39 is 23.8 Å². The Bertz CT molecular complexity index is 989. The molecule has 168 valence electrons. The molecule has 0 radical (unpaired) electrons. The zero-order chi connectivity index (χ0) is 22.5. The van der Waals surface area contributed by atoms with E-state index in [-0.39, 0.29) is 6.61 Å². The van der Waals surface area contributed by atoms with Gasteiger partial charge in [0, 0.05) is 37.9 Å². The lowest BCUT2D eigenvalue weighted by Gasteiger charge is -2.39. The summed E-state index contributed by atoms with van der Waals surface area (Å²) >= 11 is 0. The van der Waals surface area contributed by atoms with E-state index in [0.29, 0.717) is 30.4 Å². The van der Waals surface area contributed by atoms with E-state index in [4.69, 9.17) is 14.5 Å². The minimum Gasteiger partial charge on any atom is -0.496 e. The number of hydrogen-bond acceptors (Lipinski definition) is 8. The highest BCUT2D eigenvalue weighted by atomic mass is 16.5.